The topological polar surface area (TPSA) is 52.6 Å². The molecule has 0 saturated heterocycles. The molecule has 0 aliphatic carbocycles. The zero-order valence-electron chi connectivity index (χ0n) is 8.28. The Bertz CT molecular complexity index is 404. The first-order chi connectivity index (χ1) is 7.58. The third-order valence-electron chi connectivity index (χ3n) is 1.78. The zero-order valence-corrected chi connectivity index (χ0v) is 8.28. The molecule has 4 nitrogen and oxygen atoms in total. The fourth-order valence-corrected chi connectivity index (χ4v) is 1.07. The van der Waals surface area contributed by atoms with Gasteiger partial charge >= 0.3 is 12.6 Å². The molecule has 1 aromatic carbocycles. The van der Waals surface area contributed by atoms with Crippen LogP contribution in [0.15, 0.2) is 18.2 Å². The van der Waals surface area contributed by atoms with E-state index in [-0.39, 0.29) is 16.9 Å². The normalized spacial score (nSPS) is 10.0. The summed E-state index contributed by atoms with van der Waals surface area (Å²) in [6.45, 7) is -3.06. The van der Waals surface area contributed by atoms with E-state index >= 15 is 0 Å². The fraction of sp³-hybridized carbons (Fsp3) is 0.200. The van der Waals surface area contributed by atoms with Crippen LogP contribution in [0.25, 0.3) is 0 Å². The number of benzene rings is 1. The van der Waals surface area contributed by atoms with Gasteiger partial charge in [0.05, 0.1) is 18.2 Å². The van der Waals surface area contributed by atoms with Crippen LogP contribution in [0.4, 0.5) is 8.78 Å². The number of rotatable bonds is 4. The molecule has 16 heavy (non-hydrogen) atoms. The Labute approximate surface area is 89.8 Å². The van der Waals surface area contributed by atoms with Crippen LogP contribution in [0, 0.1) is 0 Å². The first kappa shape index (κ1) is 12.1. The van der Waals surface area contributed by atoms with Gasteiger partial charge in [-0.15, -0.1) is 0 Å². The van der Waals surface area contributed by atoms with Crippen molar-refractivity contribution in [1.29, 1.82) is 0 Å². The molecule has 0 unspecified atom stereocenters. The van der Waals surface area contributed by atoms with Crippen LogP contribution in [0.3, 0.4) is 0 Å². The third kappa shape index (κ3) is 2.75. The van der Waals surface area contributed by atoms with E-state index in [4.69, 9.17) is 0 Å². The molecule has 0 radical (unpaired) electrons. The Morgan fingerprint density at radius 3 is 2.62 bits per heavy atom. The van der Waals surface area contributed by atoms with Gasteiger partial charge in [0.2, 0.25) is 0 Å². The molecule has 0 fully saturated rings. The number of esters is 1. The van der Waals surface area contributed by atoms with Gasteiger partial charge in [0.15, 0.2) is 6.29 Å². The standard InChI is InChI=1S/C10H8F2O4/c1-15-9(14)6-2-3-7(5-13)8(4-6)16-10(11)12/h2-5,10H,1H3. The molecule has 0 bridgehead atoms. The SMILES string of the molecule is COC(=O)c1ccc(C=O)c(OC(F)F)c1. The van der Waals surface area contributed by atoms with E-state index in [0.29, 0.717) is 6.29 Å². The lowest BCUT2D eigenvalue weighted by molar-refractivity contribution is -0.0501. The van der Waals surface area contributed by atoms with Crippen LogP contribution in [-0.2, 0) is 4.74 Å². The summed E-state index contributed by atoms with van der Waals surface area (Å²) in [5.41, 5.74) is -0.0308. The molecule has 0 spiro atoms. The van der Waals surface area contributed by atoms with Gasteiger partial charge in [-0.3, -0.25) is 4.79 Å². The van der Waals surface area contributed by atoms with E-state index in [1.165, 1.54) is 12.1 Å². The third-order valence-corrected chi connectivity index (χ3v) is 1.78. The van der Waals surface area contributed by atoms with Crippen molar-refractivity contribution in [2.24, 2.45) is 0 Å². The number of alkyl halides is 2. The lowest BCUT2D eigenvalue weighted by atomic mass is 10.1. The second-order valence-corrected chi connectivity index (χ2v) is 2.74. The number of aldehydes is 1. The lowest BCUT2D eigenvalue weighted by Crippen LogP contribution is -2.07. The molecule has 1 rings (SSSR count). The van der Waals surface area contributed by atoms with Gasteiger partial charge < -0.3 is 9.47 Å². The minimum absolute atomic E-state index is 0.0313. The van der Waals surface area contributed by atoms with Gasteiger partial charge in [-0.05, 0) is 18.2 Å². The van der Waals surface area contributed by atoms with E-state index in [2.05, 4.69) is 9.47 Å². The summed E-state index contributed by atoms with van der Waals surface area (Å²) >= 11 is 0. The van der Waals surface area contributed by atoms with Crippen LogP contribution in [0.1, 0.15) is 20.7 Å². The molecule has 0 amide bonds. The number of hydrogen-bond acceptors (Lipinski definition) is 4. The quantitative estimate of drug-likeness (QED) is 0.585. The van der Waals surface area contributed by atoms with Crippen LogP contribution >= 0.6 is 0 Å². The summed E-state index contributed by atoms with van der Waals surface area (Å²) in [6.07, 6.45) is 0.360. The highest BCUT2D eigenvalue weighted by Crippen LogP contribution is 2.21. The van der Waals surface area contributed by atoms with Gasteiger partial charge in [-0.25, -0.2) is 4.79 Å². The summed E-state index contributed by atoms with van der Waals surface area (Å²) in [7, 11) is 1.16. The van der Waals surface area contributed by atoms with Crippen LogP contribution in [0.5, 0.6) is 5.75 Å². The van der Waals surface area contributed by atoms with Crippen molar-refractivity contribution >= 4 is 12.3 Å². The van der Waals surface area contributed by atoms with Gasteiger partial charge in [0.1, 0.15) is 5.75 Å². The molecule has 6 heteroatoms. The summed E-state index contributed by atoms with van der Waals surface area (Å²) in [5, 5.41) is 0. The highest BCUT2D eigenvalue weighted by Gasteiger charge is 2.13. The number of carbonyl (C=O) groups is 2. The maximum absolute atomic E-state index is 12.0. The summed E-state index contributed by atoms with van der Waals surface area (Å²) in [5.74, 6) is -1.05. The highest BCUT2D eigenvalue weighted by molar-refractivity contribution is 5.91. The fourth-order valence-electron chi connectivity index (χ4n) is 1.07. The second-order valence-electron chi connectivity index (χ2n) is 2.74. The number of hydrogen-bond donors (Lipinski definition) is 0. The Kier molecular flexibility index (Phi) is 3.93. The monoisotopic (exact) mass is 230 g/mol. The van der Waals surface area contributed by atoms with E-state index in [1.54, 1.807) is 0 Å². The molecule has 0 aliphatic heterocycles. The Morgan fingerprint density at radius 1 is 1.44 bits per heavy atom. The van der Waals surface area contributed by atoms with Crippen molar-refractivity contribution in [1.82, 2.24) is 0 Å². The van der Waals surface area contributed by atoms with Crippen LogP contribution in [0.2, 0.25) is 0 Å². The molecule has 0 aliphatic rings. The largest absolute Gasteiger partial charge is 0.465 e. The molecule has 0 heterocycles. The molecular weight excluding hydrogens is 222 g/mol. The zero-order chi connectivity index (χ0) is 12.1. The molecule has 0 N–H and O–H groups in total. The average molecular weight is 230 g/mol. The minimum atomic E-state index is -3.06. The molecule has 0 atom stereocenters. The van der Waals surface area contributed by atoms with Gasteiger partial charge in [0, 0.05) is 0 Å². The molecule has 0 saturated carbocycles. The van der Waals surface area contributed by atoms with E-state index in [0.717, 1.165) is 13.2 Å². The summed E-state index contributed by atoms with van der Waals surface area (Å²) in [4.78, 5) is 21.6. The van der Waals surface area contributed by atoms with Crippen molar-refractivity contribution in [2.75, 3.05) is 7.11 Å². The van der Waals surface area contributed by atoms with E-state index in [9.17, 15) is 18.4 Å². The van der Waals surface area contributed by atoms with E-state index < -0.39 is 12.6 Å². The molecule has 1 aromatic rings. The smallest absolute Gasteiger partial charge is 0.387 e. The van der Waals surface area contributed by atoms with E-state index in [1.807, 2.05) is 0 Å². The first-order valence-corrected chi connectivity index (χ1v) is 4.21. The summed E-state index contributed by atoms with van der Waals surface area (Å²) < 4.78 is 32.5. The van der Waals surface area contributed by atoms with Crippen molar-refractivity contribution in [3.63, 3.8) is 0 Å². The van der Waals surface area contributed by atoms with Crippen molar-refractivity contribution in [2.45, 2.75) is 6.61 Å². The van der Waals surface area contributed by atoms with Crippen molar-refractivity contribution in [3.8, 4) is 5.75 Å². The van der Waals surface area contributed by atoms with Crippen LogP contribution in [-0.4, -0.2) is 26.0 Å². The van der Waals surface area contributed by atoms with Gasteiger partial charge in [-0.2, -0.15) is 8.78 Å². The Balaban J connectivity index is 3.10. The van der Waals surface area contributed by atoms with Gasteiger partial charge in [-0.1, -0.05) is 0 Å². The van der Waals surface area contributed by atoms with Crippen LogP contribution < -0.4 is 4.74 Å². The molecular formula is C10H8F2O4. The van der Waals surface area contributed by atoms with Gasteiger partial charge in [0.25, 0.3) is 0 Å². The molecule has 86 valence electrons. The number of carbonyl (C=O) groups excluding carboxylic acids is 2. The predicted molar refractivity (Wildman–Crippen MR) is 49.8 cm³/mol. The summed E-state index contributed by atoms with van der Waals surface area (Å²) in [6, 6.07) is 3.52. The molecule has 0 aromatic heterocycles. The number of ether oxygens (including phenoxy) is 2. The minimum Gasteiger partial charge on any atom is -0.465 e. The second kappa shape index (κ2) is 5.20. The maximum Gasteiger partial charge on any atom is 0.387 e. The lowest BCUT2D eigenvalue weighted by Gasteiger charge is -2.08. The predicted octanol–water partition coefficient (Wildman–Crippen LogP) is 1.89. The Morgan fingerprint density at radius 2 is 2.12 bits per heavy atom. The number of methoxy groups -OCH3 is 1. The Hall–Kier alpha value is -1.98. The van der Waals surface area contributed by atoms with Crippen molar-refractivity contribution in [3.05, 3.63) is 29.3 Å². The highest BCUT2D eigenvalue weighted by atomic mass is 19.3. The first-order valence-electron chi connectivity index (χ1n) is 4.21. The van der Waals surface area contributed by atoms with Crippen molar-refractivity contribution < 1.29 is 27.8 Å². The number of halogens is 2. The average Bonchev–Trinajstić information content (AvgIpc) is 2.27. The maximum atomic E-state index is 12.0.